The van der Waals surface area contributed by atoms with E-state index in [2.05, 4.69) is 46.8 Å². The summed E-state index contributed by atoms with van der Waals surface area (Å²) in [4.78, 5) is 5.69. The lowest BCUT2D eigenvalue weighted by Gasteiger charge is -2.14. The maximum Gasteiger partial charge on any atom is 0.193 e. The molecule has 1 aromatic carbocycles. The molecule has 0 aliphatic rings. The summed E-state index contributed by atoms with van der Waals surface area (Å²) in [6.07, 6.45) is 5.04. The molecule has 2 N–H and O–H groups in total. The quantitative estimate of drug-likeness (QED) is 0.792. The molecule has 1 unspecified atom stereocenters. The SMILES string of the molecule is Cc1cccc(C(CN)Cc2cn3ccsc3n2)c1. The van der Waals surface area contributed by atoms with Crippen molar-refractivity contribution in [1.82, 2.24) is 9.38 Å². The fraction of sp³-hybridized carbons (Fsp3) is 0.267. The van der Waals surface area contributed by atoms with E-state index in [0.29, 0.717) is 12.5 Å². The Kier molecular flexibility index (Phi) is 3.36. The van der Waals surface area contributed by atoms with Crippen molar-refractivity contribution in [3.8, 4) is 0 Å². The second kappa shape index (κ2) is 5.15. The fourth-order valence-corrected chi connectivity index (χ4v) is 3.11. The van der Waals surface area contributed by atoms with Crippen molar-refractivity contribution in [3.05, 3.63) is 58.9 Å². The smallest absolute Gasteiger partial charge is 0.193 e. The van der Waals surface area contributed by atoms with Crippen molar-refractivity contribution in [2.75, 3.05) is 6.54 Å². The Balaban J connectivity index is 1.85. The van der Waals surface area contributed by atoms with Crippen LogP contribution in [0.25, 0.3) is 4.96 Å². The third kappa shape index (κ3) is 2.55. The molecular weight excluding hydrogens is 254 g/mol. The van der Waals surface area contributed by atoms with Gasteiger partial charge in [0.05, 0.1) is 5.69 Å². The molecule has 2 heterocycles. The van der Waals surface area contributed by atoms with E-state index in [-0.39, 0.29) is 0 Å². The number of aryl methyl sites for hydroxylation is 1. The lowest BCUT2D eigenvalue weighted by Crippen LogP contribution is -2.15. The first kappa shape index (κ1) is 12.4. The van der Waals surface area contributed by atoms with Crippen LogP contribution in [0, 0.1) is 6.92 Å². The Morgan fingerprint density at radius 2 is 2.32 bits per heavy atom. The second-order valence-electron chi connectivity index (χ2n) is 4.88. The minimum Gasteiger partial charge on any atom is -0.330 e. The Bertz CT molecular complexity index is 655. The van der Waals surface area contributed by atoms with Gasteiger partial charge in [-0.1, -0.05) is 29.8 Å². The average Bonchev–Trinajstić information content (AvgIpc) is 2.96. The number of benzene rings is 1. The number of rotatable bonds is 4. The van der Waals surface area contributed by atoms with Crippen molar-refractivity contribution in [3.63, 3.8) is 0 Å². The molecule has 0 amide bonds. The summed E-state index contributed by atoms with van der Waals surface area (Å²) in [5.74, 6) is 0.338. The van der Waals surface area contributed by atoms with Gasteiger partial charge < -0.3 is 5.73 Å². The number of hydrogen-bond acceptors (Lipinski definition) is 3. The number of thiazole rings is 1. The lowest BCUT2D eigenvalue weighted by atomic mass is 9.93. The first-order valence-electron chi connectivity index (χ1n) is 6.44. The van der Waals surface area contributed by atoms with Crippen LogP contribution in [0.5, 0.6) is 0 Å². The molecule has 1 atom stereocenters. The topological polar surface area (TPSA) is 43.3 Å². The summed E-state index contributed by atoms with van der Waals surface area (Å²) >= 11 is 1.66. The number of fused-ring (bicyclic) bond motifs is 1. The van der Waals surface area contributed by atoms with Crippen molar-refractivity contribution >= 4 is 16.3 Å². The first-order valence-corrected chi connectivity index (χ1v) is 7.32. The van der Waals surface area contributed by atoms with Crippen molar-refractivity contribution in [2.24, 2.45) is 5.73 Å². The fourth-order valence-electron chi connectivity index (χ4n) is 2.39. The maximum absolute atomic E-state index is 5.94. The van der Waals surface area contributed by atoms with E-state index in [1.165, 1.54) is 11.1 Å². The molecular formula is C15H17N3S. The molecule has 0 spiro atoms. The van der Waals surface area contributed by atoms with Crippen LogP contribution < -0.4 is 5.73 Å². The maximum atomic E-state index is 5.94. The van der Waals surface area contributed by atoms with Gasteiger partial charge in [-0.25, -0.2) is 4.98 Å². The first-order chi connectivity index (χ1) is 9.26. The number of imidazole rings is 1. The molecule has 3 rings (SSSR count). The highest BCUT2D eigenvalue weighted by Gasteiger charge is 2.13. The van der Waals surface area contributed by atoms with E-state index in [1.54, 1.807) is 11.3 Å². The predicted octanol–water partition coefficient (Wildman–Crippen LogP) is 2.99. The molecule has 98 valence electrons. The van der Waals surface area contributed by atoms with Crippen LogP contribution in [0.3, 0.4) is 0 Å². The number of nitrogens with two attached hydrogens (primary N) is 1. The van der Waals surface area contributed by atoms with Gasteiger partial charge in [0.1, 0.15) is 0 Å². The van der Waals surface area contributed by atoms with E-state index in [9.17, 15) is 0 Å². The molecule has 0 bridgehead atoms. The van der Waals surface area contributed by atoms with Crippen LogP contribution in [0.15, 0.2) is 42.0 Å². The highest BCUT2D eigenvalue weighted by molar-refractivity contribution is 7.15. The molecule has 0 saturated heterocycles. The predicted molar refractivity (Wildman–Crippen MR) is 79.7 cm³/mol. The highest BCUT2D eigenvalue weighted by atomic mass is 32.1. The molecule has 0 aliphatic heterocycles. The molecule has 0 saturated carbocycles. The van der Waals surface area contributed by atoms with Crippen LogP contribution in [-0.2, 0) is 6.42 Å². The molecule has 3 aromatic rings. The van der Waals surface area contributed by atoms with Crippen LogP contribution in [0.4, 0.5) is 0 Å². The summed E-state index contributed by atoms with van der Waals surface area (Å²) in [7, 11) is 0. The Labute approximate surface area is 116 Å². The van der Waals surface area contributed by atoms with Crippen molar-refractivity contribution < 1.29 is 0 Å². The zero-order chi connectivity index (χ0) is 13.2. The summed E-state index contributed by atoms with van der Waals surface area (Å²) in [5.41, 5.74) is 9.64. The van der Waals surface area contributed by atoms with Crippen LogP contribution in [0.2, 0.25) is 0 Å². The third-order valence-corrected chi connectivity index (χ3v) is 4.17. The Hall–Kier alpha value is -1.65. The molecule has 3 nitrogen and oxygen atoms in total. The van der Waals surface area contributed by atoms with Crippen molar-refractivity contribution in [1.29, 1.82) is 0 Å². The third-order valence-electron chi connectivity index (χ3n) is 3.40. The monoisotopic (exact) mass is 271 g/mol. The largest absolute Gasteiger partial charge is 0.330 e. The van der Waals surface area contributed by atoms with Crippen LogP contribution >= 0.6 is 11.3 Å². The van der Waals surface area contributed by atoms with E-state index >= 15 is 0 Å². The van der Waals surface area contributed by atoms with E-state index in [0.717, 1.165) is 17.1 Å². The molecule has 0 radical (unpaired) electrons. The summed E-state index contributed by atoms with van der Waals surface area (Å²) < 4.78 is 2.07. The van der Waals surface area contributed by atoms with Gasteiger partial charge >= 0.3 is 0 Å². The standard InChI is InChI=1S/C15H17N3S/c1-11-3-2-4-12(7-11)13(9-16)8-14-10-18-5-6-19-15(18)17-14/h2-7,10,13H,8-9,16H2,1H3. The van der Waals surface area contributed by atoms with Gasteiger partial charge in [0.25, 0.3) is 0 Å². The molecule has 2 aromatic heterocycles. The molecule has 0 fully saturated rings. The van der Waals surface area contributed by atoms with E-state index in [4.69, 9.17) is 5.73 Å². The summed E-state index contributed by atoms with van der Waals surface area (Å²) in [6, 6.07) is 8.58. The minimum absolute atomic E-state index is 0.338. The molecule has 0 aliphatic carbocycles. The second-order valence-corrected chi connectivity index (χ2v) is 5.75. The van der Waals surface area contributed by atoms with Gasteiger partial charge in [-0.2, -0.15) is 0 Å². The van der Waals surface area contributed by atoms with E-state index < -0.39 is 0 Å². The molecule has 19 heavy (non-hydrogen) atoms. The zero-order valence-corrected chi connectivity index (χ0v) is 11.7. The van der Waals surface area contributed by atoms with Gasteiger partial charge in [-0.15, -0.1) is 11.3 Å². The average molecular weight is 271 g/mol. The van der Waals surface area contributed by atoms with E-state index in [1.807, 2.05) is 11.6 Å². The van der Waals surface area contributed by atoms with Gasteiger partial charge in [0, 0.05) is 23.7 Å². The van der Waals surface area contributed by atoms with Crippen LogP contribution in [0.1, 0.15) is 22.7 Å². The van der Waals surface area contributed by atoms with Gasteiger partial charge in [0.2, 0.25) is 0 Å². The normalized spacial score (nSPS) is 12.9. The minimum atomic E-state index is 0.338. The van der Waals surface area contributed by atoms with Crippen molar-refractivity contribution in [2.45, 2.75) is 19.3 Å². The zero-order valence-electron chi connectivity index (χ0n) is 10.9. The summed E-state index contributed by atoms with van der Waals surface area (Å²) in [5, 5.41) is 2.05. The van der Waals surface area contributed by atoms with Gasteiger partial charge in [-0.3, -0.25) is 4.40 Å². The lowest BCUT2D eigenvalue weighted by molar-refractivity contribution is 0.684. The number of nitrogens with zero attached hydrogens (tertiary/aromatic N) is 2. The Morgan fingerprint density at radius 3 is 3.05 bits per heavy atom. The highest BCUT2D eigenvalue weighted by Crippen LogP contribution is 2.21. The molecule has 4 heteroatoms. The summed E-state index contributed by atoms with van der Waals surface area (Å²) in [6.45, 7) is 2.76. The van der Waals surface area contributed by atoms with Crippen LogP contribution in [-0.4, -0.2) is 15.9 Å². The number of hydrogen-bond donors (Lipinski definition) is 1. The van der Waals surface area contributed by atoms with Gasteiger partial charge in [0.15, 0.2) is 4.96 Å². The number of aromatic nitrogens is 2. The van der Waals surface area contributed by atoms with Gasteiger partial charge in [-0.05, 0) is 25.5 Å². The Morgan fingerprint density at radius 1 is 1.42 bits per heavy atom.